The van der Waals surface area contributed by atoms with E-state index in [0.717, 1.165) is 12.8 Å². The number of hydrogen-bond acceptors (Lipinski definition) is 2. The van der Waals surface area contributed by atoms with Crippen LogP contribution in [-0.2, 0) is 4.79 Å². The number of rotatable bonds is 6. The third-order valence-electron chi connectivity index (χ3n) is 2.57. The molecular formula is C10H21NO2. The highest BCUT2D eigenvalue weighted by Gasteiger charge is 2.16. The zero-order valence-electron chi connectivity index (χ0n) is 8.79. The van der Waals surface area contributed by atoms with Crippen molar-refractivity contribution in [1.82, 2.24) is 0 Å². The zero-order valence-corrected chi connectivity index (χ0v) is 8.79. The SMILES string of the molecule is CCC(C)C(N)CC(C)CC(=O)O. The summed E-state index contributed by atoms with van der Waals surface area (Å²) in [5.74, 6) is -0.0680. The molecule has 3 N–H and O–H groups in total. The highest BCUT2D eigenvalue weighted by Crippen LogP contribution is 2.16. The van der Waals surface area contributed by atoms with Crippen molar-refractivity contribution in [1.29, 1.82) is 0 Å². The summed E-state index contributed by atoms with van der Waals surface area (Å²) in [6, 6.07) is 0.138. The Balaban J connectivity index is 3.76. The fourth-order valence-electron chi connectivity index (χ4n) is 1.38. The van der Waals surface area contributed by atoms with Gasteiger partial charge in [0.25, 0.3) is 0 Å². The predicted octanol–water partition coefficient (Wildman–Crippen LogP) is 1.86. The molecule has 78 valence electrons. The summed E-state index contributed by atoms with van der Waals surface area (Å²) >= 11 is 0. The summed E-state index contributed by atoms with van der Waals surface area (Å²) in [6.45, 7) is 6.15. The van der Waals surface area contributed by atoms with E-state index in [1.807, 2.05) is 6.92 Å². The minimum Gasteiger partial charge on any atom is -0.481 e. The van der Waals surface area contributed by atoms with Gasteiger partial charge in [-0.2, -0.15) is 0 Å². The van der Waals surface area contributed by atoms with E-state index >= 15 is 0 Å². The van der Waals surface area contributed by atoms with E-state index < -0.39 is 5.97 Å². The molecule has 0 aromatic heterocycles. The monoisotopic (exact) mass is 187 g/mol. The lowest BCUT2D eigenvalue weighted by molar-refractivity contribution is -0.138. The Labute approximate surface area is 80.3 Å². The van der Waals surface area contributed by atoms with Crippen LogP contribution in [0.1, 0.15) is 40.0 Å². The molecule has 13 heavy (non-hydrogen) atoms. The van der Waals surface area contributed by atoms with Gasteiger partial charge in [-0.05, 0) is 18.3 Å². The predicted molar refractivity (Wildman–Crippen MR) is 53.5 cm³/mol. The van der Waals surface area contributed by atoms with Crippen molar-refractivity contribution in [3.63, 3.8) is 0 Å². The maximum absolute atomic E-state index is 10.4. The molecule has 3 heteroatoms. The molecule has 0 radical (unpaired) electrons. The minimum absolute atomic E-state index is 0.138. The molecule has 0 aliphatic heterocycles. The summed E-state index contributed by atoms with van der Waals surface area (Å²) in [7, 11) is 0. The summed E-state index contributed by atoms with van der Waals surface area (Å²) in [5, 5.41) is 8.55. The Morgan fingerprint density at radius 3 is 2.38 bits per heavy atom. The first-order chi connectivity index (χ1) is 5.97. The first-order valence-corrected chi connectivity index (χ1v) is 4.94. The van der Waals surface area contributed by atoms with Gasteiger partial charge in [-0.1, -0.05) is 27.2 Å². The molecule has 0 bridgehead atoms. The number of hydrogen-bond donors (Lipinski definition) is 2. The molecular weight excluding hydrogens is 166 g/mol. The van der Waals surface area contributed by atoms with Gasteiger partial charge in [0.2, 0.25) is 0 Å². The topological polar surface area (TPSA) is 63.3 Å². The largest absolute Gasteiger partial charge is 0.481 e. The Hall–Kier alpha value is -0.570. The van der Waals surface area contributed by atoms with Crippen molar-refractivity contribution >= 4 is 5.97 Å². The lowest BCUT2D eigenvalue weighted by Gasteiger charge is -2.21. The standard InChI is InChI=1S/C10H21NO2/c1-4-8(3)9(11)5-7(2)6-10(12)13/h7-9H,4-6,11H2,1-3H3,(H,12,13). The van der Waals surface area contributed by atoms with Crippen LogP contribution < -0.4 is 5.73 Å². The summed E-state index contributed by atoms with van der Waals surface area (Å²) in [4.78, 5) is 10.4. The molecule has 3 nitrogen and oxygen atoms in total. The second-order valence-electron chi connectivity index (χ2n) is 3.99. The molecule has 0 rings (SSSR count). The third kappa shape index (κ3) is 5.64. The average Bonchev–Trinajstić information content (AvgIpc) is 2.01. The maximum Gasteiger partial charge on any atom is 0.303 e. The van der Waals surface area contributed by atoms with Gasteiger partial charge in [0.1, 0.15) is 0 Å². The summed E-state index contributed by atoms with van der Waals surface area (Å²) < 4.78 is 0. The number of nitrogens with two attached hydrogens (primary N) is 1. The van der Waals surface area contributed by atoms with Crippen molar-refractivity contribution < 1.29 is 9.90 Å². The van der Waals surface area contributed by atoms with Crippen LogP contribution in [0.4, 0.5) is 0 Å². The molecule has 0 amide bonds. The first kappa shape index (κ1) is 12.4. The van der Waals surface area contributed by atoms with Crippen LogP contribution in [0.3, 0.4) is 0 Å². The van der Waals surface area contributed by atoms with Crippen molar-refractivity contribution in [3.8, 4) is 0 Å². The zero-order chi connectivity index (χ0) is 10.4. The first-order valence-electron chi connectivity index (χ1n) is 4.94. The molecule has 0 aromatic rings. The van der Waals surface area contributed by atoms with Gasteiger partial charge in [-0.3, -0.25) is 4.79 Å². The van der Waals surface area contributed by atoms with Gasteiger partial charge in [0.05, 0.1) is 0 Å². The lowest BCUT2D eigenvalue weighted by Crippen LogP contribution is -2.30. The molecule has 0 heterocycles. The lowest BCUT2D eigenvalue weighted by atomic mass is 9.90. The van der Waals surface area contributed by atoms with Crippen LogP contribution in [0.15, 0.2) is 0 Å². The van der Waals surface area contributed by atoms with Gasteiger partial charge >= 0.3 is 5.97 Å². The molecule has 0 aliphatic rings. The Morgan fingerprint density at radius 2 is 2.00 bits per heavy atom. The molecule has 0 fully saturated rings. The molecule has 3 atom stereocenters. The molecule has 0 aliphatic carbocycles. The third-order valence-corrected chi connectivity index (χ3v) is 2.57. The van der Waals surface area contributed by atoms with Crippen LogP contribution in [0, 0.1) is 11.8 Å². The van der Waals surface area contributed by atoms with E-state index in [1.54, 1.807) is 0 Å². The van der Waals surface area contributed by atoms with Gasteiger partial charge < -0.3 is 10.8 Å². The van der Waals surface area contributed by atoms with Crippen molar-refractivity contribution in [3.05, 3.63) is 0 Å². The minimum atomic E-state index is -0.733. The van der Waals surface area contributed by atoms with E-state index in [1.165, 1.54) is 0 Å². The number of aliphatic carboxylic acids is 1. The molecule has 0 saturated carbocycles. The average molecular weight is 187 g/mol. The van der Waals surface area contributed by atoms with Gasteiger partial charge in [-0.25, -0.2) is 0 Å². The van der Waals surface area contributed by atoms with Crippen molar-refractivity contribution in [2.24, 2.45) is 17.6 Å². The maximum atomic E-state index is 10.4. The molecule has 0 spiro atoms. The highest BCUT2D eigenvalue weighted by atomic mass is 16.4. The fraction of sp³-hybridized carbons (Fsp3) is 0.900. The summed E-state index contributed by atoms with van der Waals surface area (Å²) in [5.41, 5.74) is 5.91. The van der Waals surface area contributed by atoms with Crippen molar-refractivity contribution in [2.45, 2.75) is 46.1 Å². The Morgan fingerprint density at radius 1 is 1.46 bits per heavy atom. The van der Waals surface area contributed by atoms with Gasteiger partial charge in [0.15, 0.2) is 0 Å². The van der Waals surface area contributed by atoms with Crippen LogP contribution in [-0.4, -0.2) is 17.1 Å². The van der Waals surface area contributed by atoms with Crippen LogP contribution in [0.25, 0.3) is 0 Å². The van der Waals surface area contributed by atoms with Gasteiger partial charge in [-0.15, -0.1) is 0 Å². The number of carboxylic acid groups (broad SMARTS) is 1. The normalized spacial score (nSPS) is 17.8. The highest BCUT2D eigenvalue weighted by molar-refractivity contribution is 5.66. The Kier molecular flexibility index (Phi) is 5.71. The Bertz CT molecular complexity index is 159. The van der Waals surface area contributed by atoms with E-state index in [2.05, 4.69) is 13.8 Å². The van der Waals surface area contributed by atoms with E-state index in [9.17, 15) is 4.79 Å². The van der Waals surface area contributed by atoms with E-state index in [-0.39, 0.29) is 18.4 Å². The summed E-state index contributed by atoms with van der Waals surface area (Å²) in [6.07, 6.45) is 2.09. The number of carbonyl (C=O) groups is 1. The van der Waals surface area contributed by atoms with E-state index in [0.29, 0.717) is 5.92 Å². The van der Waals surface area contributed by atoms with Crippen molar-refractivity contribution in [2.75, 3.05) is 0 Å². The fourth-order valence-corrected chi connectivity index (χ4v) is 1.38. The quantitative estimate of drug-likeness (QED) is 0.667. The van der Waals surface area contributed by atoms with Crippen LogP contribution >= 0.6 is 0 Å². The second-order valence-corrected chi connectivity index (χ2v) is 3.99. The van der Waals surface area contributed by atoms with Gasteiger partial charge in [0, 0.05) is 12.5 Å². The smallest absolute Gasteiger partial charge is 0.303 e. The molecule has 0 aromatic carbocycles. The van der Waals surface area contributed by atoms with Crippen LogP contribution in [0.2, 0.25) is 0 Å². The molecule has 3 unspecified atom stereocenters. The second kappa shape index (κ2) is 5.97. The van der Waals surface area contributed by atoms with Crippen LogP contribution in [0.5, 0.6) is 0 Å². The number of carboxylic acids is 1. The molecule has 0 saturated heterocycles. The van der Waals surface area contributed by atoms with E-state index in [4.69, 9.17) is 10.8 Å².